The minimum Gasteiger partial charge on any atom is -0.497 e. The molecule has 0 aliphatic carbocycles. The molecule has 3 aromatic rings. The van der Waals surface area contributed by atoms with E-state index in [4.69, 9.17) is 9.47 Å². The van der Waals surface area contributed by atoms with Crippen LogP contribution in [-0.2, 0) is 17.9 Å². The molecule has 3 rings (SSSR count). The monoisotopic (exact) mass is 366 g/mol. The van der Waals surface area contributed by atoms with Crippen LogP contribution in [-0.4, -0.2) is 22.9 Å². The Kier molecular flexibility index (Phi) is 5.86. The summed E-state index contributed by atoms with van der Waals surface area (Å²) in [6, 6.07) is 14.4. The van der Waals surface area contributed by atoms with Crippen LogP contribution in [0.2, 0.25) is 0 Å². The van der Waals surface area contributed by atoms with Gasteiger partial charge in [-0.15, -0.1) is 0 Å². The van der Waals surface area contributed by atoms with E-state index in [9.17, 15) is 9.59 Å². The largest absolute Gasteiger partial charge is 0.497 e. The molecular weight excluding hydrogens is 344 g/mol. The average molecular weight is 366 g/mol. The molecule has 0 radical (unpaired) electrons. The molecule has 0 unspecified atom stereocenters. The van der Waals surface area contributed by atoms with Crippen molar-refractivity contribution in [2.75, 3.05) is 7.11 Å². The van der Waals surface area contributed by atoms with Gasteiger partial charge in [-0.25, -0.2) is 9.48 Å². The smallest absolute Gasteiger partial charge is 0.359 e. The molecule has 27 heavy (non-hydrogen) atoms. The molecule has 0 fully saturated rings. The molecule has 0 amide bonds. The molecule has 6 heteroatoms. The van der Waals surface area contributed by atoms with E-state index in [1.54, 1.807) is 7.11 Å². The Morgan fingerprint density at radius 1 is 1.07 bits per heavy atom. The topological polar surface area (TPSA) is 70.4 Å². The zero-order chi connectivity index (χ0) is 19.2. The van der Waals surface area contributed by atoms with Crippen molar-refractivity contribution in [3.05, 3.63) is 70.1 Å². The molecule has 0 saturated heterocycles. The molecule has 0 aliphatic rings. The number of fused-ring (bicyclic) bond motifs is 1. The van der Waals surface area contributed by atoms with Crippen LogP contribution in [0.4, 0.5) is 0 Å². The minimum absolute atomic E-state index is 0.135. The Bertz CT molecular complexity index is 1010. The van der Waals surface area contributed by atoms with Gasteiger partial charge >= 0.3 is 5.97 Å². The second kappa shape index (κ2) is 8.49. The molecule has 1 heterocycles. The average Bonchev–Trinajstić information content (AvgIpc) is 2.70. The summed E-state index contributed by atoms with van der Waals surface area (Å²) in [5.41, 5.74) is 0.793. The number of ether oxygens (including phenoxy) is 2. The van der Waals surface area contributed by atoms with Gasteiger partial charge in [0.25, 0.3) is 5.56 Å². The second-order valence-corrected chi connectivity index (χ2v) is 6.26. The van der Waals surface area contributed by atoms with E-state index in [0.29, 0.717) is 6.54 Å². The molecular formula is C21H22N2O4. The van der Waals surface area contributed by atoms with Crippen molar-refractivity contribution in [3.63, 3.8) is 0 Å². The third-order valence-corrected chi connectivity index (χ3v) is 4.28. The van der Waals surface area contributed by atoms with Gasteiger partial charge in [0.2, 0.25) is 0 Å². The molecule has 0 atom stereocenters. The van der Waals surface area contributed by atoms with Crippen LogP contribution in [0.15, 0.2) is 53.3 Å². The van der Waals surface area contributed by atoms with Crippen LogP contribution in [0.25, 0.3) is 10.8 Å². The SMILES string of the molecule is CCCCn1nc(C(=O)OCc2ccc3cc(OC)ccc3c2)ccc1=O. The van der Waals surface area contributed by atoms with Crippen molar-refractivity contribution in [2.45, 2.75) is 32.9 Å². The number of benzene rings is 2. The zero-order valence-corrected chi connectivity index (χ0v) is 15.5. The number of aryl methyl sites for hydroxylation is 1. The fraction of sp³-hybridized carbons (Fsp3) is 0.286. The molecule has 6 nitrogen and oxygen atoms in total. The summed E-state index contributed by atoms with van der Waals surface area (Å²) in [6.45, 7) is 2.66. The molecule has 0 aliphatic heterocycles. The summed E-state index contributed by atoms with van der Waals surface area (Å²) < 4.78 is 11.9. The number of unbranched alkanes of at least 4 members (excludes halogenated alkanes) is 1. The summed E-state index contributed by atoms with van der Waals surface area (Å²) in [6.07, 6.45) is 1.77. The van der Waals surface area contributed by atoms with Gasteiger partial charge in [0, 0.05) is 12.6 Å². The van der Waals surface area contributed by atoms with Crippen molar-refractivity contribution < 1.29 is 14.3 Å². The highest BCUT2D eigenvalue weighted by atomic mass is 16.5. The minimum atomic E-state index is -0.546. The molecule has 2 aromatic carbocycles. The van der Waals surface area contributed by atoms with Crippen LogP contribution >= 0.6 is 0 Å². The number of hydrogen-bond donors (Lipinski definition) is 0. The number of esters is 1. The van der Waals surface area contributed by atoms with Crippen LogP contribution in [0.3, 0.4) is 0 Å². The van der Waals surface area contributed by atoms with Gasteiger partial charge in [-0.3, -0.25) is 4.79 Å². The number of carbonyl (C=O) groups excluding carboxylic acids is 1. The normalized spacial score (nSPS) is 10.7. The summed E-state index contributed by atoms with van der Waals surface area (Å²) in [5.74, 6) is 0.251. The third kappa shape index (κ3) is 4.53. The van der Waals surface area contributed by atoms with E-state index in [-0.39, 0.29) is 17.9 Å². The van der Waals surface area contributed by atoms with E-state index < -0.39 is 5.97 Å². The van der Waals surface area contributed by atoms with Gasteiger partial charge in [0.1, 0.15) is 12.4 Å². The first-order chi connectivity index (χ1) is 13.1. The van der Waals surface area contributed by atoms with E-state index >= 15 is 0 Å². The third-order valence-electron chi connectivity index (χ3n) is 4.28. The Balaban J connectivity index is 1.70. The van der Waals surface area contributed by atoms with Crippen molar-refractivity contribution in [1.29, 1.82) is 0 Å². The highest BCUT2D eigenvalue weighted by Crippen LogP contribution is 2.22. The van der Waals surface area contributed by atoms with Crippen molar-refractivity contribution in [1.82, 2.24) is 9.78 Å². The Hall–Kier alpha value is -3.15. The summed E-state index contributed by atoms with van der Waals surface area (Å²) in [5, 5.41) is 6.19. The number of hydrogen-bond acceptors (Lipinski definition) is 5. The molecule has 140 valence electrons. The van der Waals surface area contributed by atoms with Gasteiger partial charge in [0.05, 0.1) is 7.11 Å². The highest BCUT2D eigenvalue weighted by Gasteiger charge is 2.11. The van der Waals surface area contributed by atoms with Gasteiger partial charge < -0.3 is 9.47 Å². The maximum atomic E-state index is 12.3. The first-order valence-electron chi connectivity index (χ1n) is 8.92. The number of methoxy groups -OCH3 is 1. The van der Waals surface area contributed by atoms with Crippen molar-refractivity contribution in [2.24, 2.45) is 0 Å². The van der Waals surface area contributed by atoms with E-state index in [2.05, 4.69) is 5.10 Å². The zero-order valence-electron chi connectivity index (χ0n) is 15.5. The van der Waals surface area contributed by atoms with Crippen LogP contribution in [0.1, 0.15) is 35.8 Å². The first kappa shape index (κ1) is 18.6. The summed E-state index contributed by atoms with van der Waals surface area (Å²) >= 11 is 0. The second-order valence-electron chi connectivity index (χ2n) is 6.26. The van der Waals surface area contributed by atoms with Crippen molar-refractivity contribution >= 4 is 16.7 Å². The van der Waals surface area contributed by atoms with E-state index in [1.165, 1.54) is 16.8 Å². The summed E-state index contributed by atoms with van der Waals surface area (Å²) in [7, 11) is 1.63. The number of nitrogens with zero attached hydrogens (tertiary/aromatic N) is 2. The molecule has 0 N–H and O–H groups in total. The lowest BCUT2D eigenvalue weighted by molar-refractivity contribution is 0.0462. The van der Waals surface area contributed by atoms with Gasteiger partial charge in [0.15, 0.2) is 5.69 Å². The lowest BCUT2D eigenvalue weighted by Crippen LogP contribution is -2.25. The maximum absolute atomic E-state index is 12.3. The fourth-order valence-electron chi connectivity index (χ4n) is 2.74. The Morgan fingerprint density at radius 2 is 1.85 bits per heavy atom. The van der Waals surface area contributed by atoms with Crippen LogP contribution in [0.5, 0.6) is 5.75 Å². The first-order valence-corrected chi connectivity index (χ1v) is 8.92. The van der Waals surface area contributed by atoms with Gasteiger partial charge in [-0.1, -0.05) is 31.5 Å². The summed E-state index contributed by atoms with van der Waals surface area (Å²) in [4.78, 5) is 24.1. The number of aromatic nitrogens is 2. The predicted molar refractivity (Wildman–Crippen MR) is 103 cm³/mol. The Labute approximate surface area is 157 Å². The molecule has 0 bridgehead atoms. The van der Waals surface area contributed by atoms with Crippen molar-refractivity contribution in [3.8, 4) is 5.75 Å². The maximum Gasteiger partial charge on any atom is 0.359 e. The highest BCUT2D eigenvalue weighted by molar-refractivity contribution is 5.87. The van der Waals surface area contributed by atoms with Gasteiger partial charge in [-0.2, -0.15) is 5.10 Å². The quantitative estimate of drug-likeness (QED) is 0.598. The van der Waals surface area contributed by atoms with Crippen LogP contribution in [0, 0.1) is 0 Å². The lowest BCUT2D eigenvalue weighted by atomic mass is 10.1. The lowest BCUT2D eigenvalue weighted by Gasteiger charge is -2.08. The Morgan fingerprint density at radius 3 is 2.63 bits per heavy atom. The number of rotatable bonds is 7. The van der Waals surface area contributed by atoms with Gasteiger partial charge in [-0.05, 0) is 47.0 Å². The molecule has 0 spiro atoms. The molecule has 0 saturated carbocycles. The standard InChI is InChI=1S/C21H22N2O4/c1-3-4-11-23-20(24)10-9-19(22-23)21(25)27-14-15-5-6-17-13-18(26-2)8-7-16(17)12-15/h5-10,12-13H,3-4,11,14H2,1-2H3. The fourth-order valence-corrected chi connectivity index (χ4v) is 2.74. The molecule has 1 aromatic heterocycles. The predicted octanol–water partition coefficient (Wildman–Crippen LogP) is 3.56. The van der Waals surface area contributed by atoms with Crippen LogP contribution < -0.4 is 10.3 Å². The number of carbonyl (C=O) groups is 1. The van der Waals surface area contributed by atoms with E-state index in [0.717, 1.165) is 34.9 Å². The van der Waals surface area contributed by atoms with E-state index in [1.807, 2.05) is 43.3 Å².